The molecule has 1 saturated heterocycles. The summed E-state index contributed by atoms with van der Waals surface area (Å²) in [7, 11) is 2.19. The van der Waals surface area contributed by atoms with Gasteiger partial charge in [-0.05, 0) is 56.0 Å². The largest absolute Gasteiger partial charge is 0.379 e. The summed E-state index contributed by atoms with van der Waals surface area (Å²) in [6.07, 6.45) is 3.51. The van der Waals surface area contributed by atoms with Crippen molar-refractivity contribution in [3.63, 3.8) is 0 Å². The first-order valence-corrected chi connectivity index (χ1v) is 8.57. The van der Waals surface area contributed by atoms with Gasteiger partial charge in [0, 0.05) is 36.7 Å². The van der Waals surface area contributed by atoms with Gasteiger partial charge in [0.1, 0.15) is 0 Å². The minimum absolute atomic E-state index is 0.896. The lowest BCUT2D eigenvalue weighted by atomic mass is 10.0. The van der Waals surface area contributed by atoms with Gasteiger partial charge in [0.25, 0.3) is 0 Å². The SMILES string of the molecule is CCc1ccc2c(c1)c(CCCN1CCOCC1)c(C)n2C. The first-order chi connectivity index (χ1) is 10.7. The Kier molecular flexibility index (Phi) is 4.84. The summed E-state index contributed by atoms with van der Waals surface area (Å²) >= 11 is 0. The van der Waals surface area contributed by atoms with Gasteiger partial charge in [-0.3, -0.25) is 4.90 Å². The van der Waals surface area contributed by atoms with Crippen molar-refractivity contribution in [3.8, 4) is 0 Å². The van der Waals surface area contributed by atoms with Gasteiger partial charge in [0.05, 0.1) is 13.2 Å². The predicted octanol–water partition coefficient (Wildman–Crippen LogP) is 3.31. The molecule has 0 spiro atoms. The number of hydrogen-bond donors (Lipinski definition) is 0. The number of benzene rings is 1. The molecule has 3 heteroatoms. The van der Waals surface area contributed by atoms with E-state index >= 15 is 0 Å². The minimum Gasteiger partial charge on any atom is -0.379 e. The smallest absolute Gasteiger partial charge is 0.0594 e. The Bertz CT molecular complexity index is 638. The molecule has 1 aromatic heterocycles. The van der Waals surface area contributed by atoms with E-state index in [1.165, 1.54) is 41.5 Å². The van der Waals surface area contributed by atoms with Crippen molar-refractivity contribution in [2.45, 2.75) is 33.1 Å². The third kappa shape index (κ3) is 3.06. The Labute approximate surface area is 133 Å². The fraction of sp³-hybridized carbons (Fsp3) is 0.579. The number of fused-ring (bicyclic) bond motifs is 1. The predicted molar refractivity (Wildman–Crippen MR) is 92.6 cm³/mol. The van der Waals surface area contributed by atoms with Crippen LogP contribution in [-0.2, 0) is 24.6 Å². The Hall–Kier alpha value is -1.32. The zero-order valence-electron chi connectivity index (χ0n) is 14.2. The number of aryl methyl sites for hydroxylation is 3. The molecule has 0 aliphatic carbocycles. The molecule has 1 aliphatic rings. The normalized spacial score (nSPS) is 16.5. The Morgan fingerprint density at radius 3 is 2.68 bits per heavy atom. The first-order valence-electron chi connectivity index (χ1n) is 8.57. The van der Waals surface area contributed by atoms with Crippen molar-refractivity contribution in [1.29, 1.82) is 0 Å². The lowest BCUT2D eigenvalue weighted by molar-refractivity contribution is 0.0375. The van der Waals surface area contributed by atoms with E-state index in [2.05, 4.69) is 48.6 Å². The molecule has 1 aliphatic heterocycles. The lowest BCUT2D eigenvalue weighted by Gasteiger charge is -2.26. The van der Waals surface area contributed by atoms with Crippen molar-refractivity contribution < 1.29 is 4.74 Å². The second-order valence-electron chi connectivity index (χ2n) is 6.39. The molecule has 1 fully saturated rings. The summed E-state index contributed by atoms with van der Waals surface area (Å²) in [4.78, 5) is 2.53. The van der Waals surface area contributed by atoms with Crippen LogP contribution in [0.4, 0.5) is 0 Å². The van der Waals surface area contributed by atoms with Crippen LogP contribution in [0.5, 0.6) is 0 Å². The van der Waals surface area contributed by atoms with Crippen molar-refractivity contribution in [2.24, 2.45) is 7.05 Å². The fourth-order valence-electron chi connectivity index (χ4n) is 3.54. The molecule has 0 unspecified atom stereocenters. The fourth-order valence-corrected chi connectivity index (χ4v) is 3.54. The summed E-state index contributed by atoms with van der Waals surface area (Å²) in [5, 5.41) is 1.46. The molecule has 1 aromatic carbocycles. The molecule has 120 valence electrons. The molecule has 0 N–H and O–H groups in total. The molecule has 2 aromatic rings. The van der Waals surface area contributed by atoms with Crippen LogP contribution in [0.1, 0.15) is 30.2 Å². The standard InChI is InChI=1S/C19H28N2O/c1-4-16-7-8-19-18(14-16)17(15(2)20(19)3)6-5-9-21-10-12-22-13-11-21/h7-8,14H,4-6,9-13H2,1-3H3. The maximum Gasteiger partial charge on any atom is 0.0594 e. The van der Waals surface area contributed by atoms with E-state index in [0.29, 0.717) is 0 Å². The van der Waals surface area contributed by atoms with Crippen molar-refractivity contribution in [1.82, 2.24) is 9.47 Å². The van der Waals surface area contributed by atoms with Gasteiger partial charge in [0.15, 0.2) is 0 Å². The van der Waals surface area contributed by atoms with Gasteiger partial charge in [-0.1, -0.05) is 13.0 Å². The average Bonchev–Trinajstić information content (AvgIpc) is 2.80. The molecule has 3 nitrogen and oxygen atoms in total. The molecule has 0 amide bonds. The zero-order valence-corrected chi connectivity index (χ0v) is 14.2. The zero-order chi connectivity index (χ0) is 15.5. The van der Waals surface area contributed by atoms with Crippen LogP contribution < -0.4 is 0 Å². The van der Waals surface area contributed by atoms with E-state index in [1.54, 1.807) is 5.56 Å². The third-order valence-corrected chi connectivity index (χ3v) is 5.10. The van der Waals surface area contributed by atoms with Crippen molar-refractivity contribution >= 4 is 10.9 Å². The van der Waals surface area contributed by atoms with Gasteiger partial charge in [-0.15, -0.1) is 0 Å². The minimum atomic E-state index is 0.896. The number of morpholine rings is 1. The van der Waals surface area contributed by atoms with E-state index < -0.39 is 0 Å². The molecular formula is C19H28N2O. The van der Waals surface area contributed by atoms with Gasteiger partial charge in [-0.2, -0.15) is 0 Å². The highest BCUT2D eigenvalue weighted by molar-refractivity contribution is 5.86. The highest BCUT2D eigenvalue weighted by Gasteiger charge is 2.14. The van der Waals surface area contributed by atoms with Crippen LogP contribution in [0, 0.1) is 6.92 Å². The third-order valence-electron chi connectivity index (χ3n) is 5.10. The summed E-state index contributed by atoms with van der Waals surface area (Å²) in [6, 6.07) is 6.94. The van der Waals surface area contributed by atoms with E-state index in [0.717, 1.165) is 32.7 Å². The molecule has 22 heavy (non-hydrogen) atoms. The van der Waals surface area contributed by atoms with Crippen molar-refractivity contribution in [2.75, 3.05) is 32.8 Å². The highest BCUT2D eigenvalue weighted by atomic mass is 16.5. The topological polar surface area (TPSA) is 17.4 Å². The van der Waals surface area contributed by atoms with Crippen LogP contribution >= 0.6 is 0 Å². The molecular weight excluding hydrogens is 272 g/mol. The second-order valence-corrected chi connectivity index (χ2v) is 6.39. The number of hydrogen-bond acceptors (Lipinski definition) is 2. The van der Waals surface area contributed by atoms with Crippen LogP contribution in [0.3, 0.4) is 0 Å². The maximum atomic E-state index is 5.42. The van der Waals surface area contributed by atoms with E-state index in [4.69, 9.17) is 4.74 Å². The number of ether oxygens (including phenoxy) is 1. The van der Waals surface area contributed by atoms with E-state index in [9.17, 15) is 0 Å². The van der Waals surface area contributed by atoms with Crippen molar-refractivity contribution in [3.05, 3.63) is 35.0 Å². The van der Waals surface area contributed by atoms with Gasteiger partial charge >= 0.3 is 0 Å². The summed E-state index contributed by atoms with van der Waals surface area (Å²) < 4.78 is 7.77. The second kappa shape index (κ2) is 6.84. The van der Waals surface area contributed by atoms with Gasteiger partial charge in [0.2, 0.25) is 0 Å². The quantitative estimate of drug-likeness (QED) is 0.843. The molecule has 0 bridgehead atoms. The monoisotopic (exact) mass is 300 g/mol. The maximum absolute atomic E-state index is 5.42. The molecule has 0 saturated carbocycles. The number of nitrogens with zero attached hydrogens (tertiary/aromatic N) is 2. The van der Waals surface area contributed by atoms with Gasteiger partial charge in [-0.25, -0.2) is 0 Å². The number of aromatic nitrogens is 1. The summed E-state index contributed by atoms with van der Waals surface area (Å²) in [5.74, 6) is 0. The molecule has 2 heterocycles. The van der Waals surface area contributed by atoms with E-state index in [-0.39, 0.29) is 0 Å². The Balaban J connectivity index is 1.75. The Morgan fingerprint density at radius 2 is 1.95 bits per heavy atom. The first kappa shape index (κ1) is 15.6. The molecule has 0 radical (unpaired) electrons. The highest BCUT2D eigenvalue weighted by Crippen LogP contribution is 2.27. The summed E-state index contributed by atoms with van der Waals surface area (Å²) in [6.45, 7) is 9.65. The van der Waals surface area contributed by atoms with E-state index in [1.807, 2.05) is 0 Å². The Morgan fingerprint density at radius 1 is 1.18 bits per heavy atom. The molecule has 0 atom stereocenters. The molecule has 3 rings (SSSR count). The van der Waals surface area contributed by atoms with Crippen LogP contribution in [0.25, 0.3) is 10.9 Å². The average molecular weight is 300 g/mol. The van der Waals surface area contributed by atoms with Crippen LogP contribution in [0.15, 0.2) is 18.2 Å². The number of rotatable bonds is 5. The summed E-state index contributed by atoms with van der Waals surface area (Å²) in [5.41, 5.74) is 5.77. The van der Waals surface area contributed by atoms with Gasteiger partial charge < -0.3 is 9.30 Å². The lowest BCUT2D eigenvalue weighted by Crippen LogP contribution is -2.36. The van der Waals surface area contributed by atoms with Crippen LogP contribution in [0.2, 0.25) is 0 Å². The van der Waals surface area contributed by atoms with Crippen LogP contribution in [-0.4, -0.2) is 42.3 Å².